The fourth-order valence-electron chi connectivity index (χ4n) is 2.06. The fraction of sp³-hybridized carbons (Fsp3) is 0.0667. The van der Waals surface area contributed by atoms with Crippen LogP contribution in [0.25, 0.3) is 10.9 Å². The van der Waals surface area contributed by atoms with Crippen molar-refractivity contribution < 1.29 is 5.11 Å². The number of aliphatic hydroxyl groups is 1. The summed E-state index contributed by atoms with van der Waals surface area (Å²) in [6.45, 7) is 0. The van der Waals surface area contributed by atoms with Gasteiger partial charge in [-0.05, 0) is 29.8 Å². The Hall–Kier alpha value is -2.26. The predicted molar refractivity (Wildman–Crippen MR) is 70.0 cm³/mol. The van der Waals surface area contributed by atoms with E-state index in [0.29, 0.717) is 5.69 Å². The number of aromatic nitrogens is 2. The van der Waals surface area contributed by atoms with Crippen molar-refractivity contribution in [2.45, 2.75) is 6.10 Å². The zero-order valence-corrected chi connectivity index (χ0v) is 9.69. The molecule has 88 valence electrons. The topological polar surface area (TPSA) is 46.0 Å². The van der Waals surface area contributed by atoms with Gasteiger partial charge < -0.3 is 5.11 Å². The van der Waals surface area contributed by atoms with Crippen LogP contribution in [0.4, 0.5) is 0 Å². The molecule has 1 unspecified atom stereocenters. The van der Waals surface area contributed by atoms with E-state index in [-0.39, 0.29) is 0 Å². The largest absolute Gasteiger partial charge is 0.382 e. The van der Waals surface area contributed by atoms with Crippen LogP contribution in [0.15, 0.2) is 60.9 Å². The Morgan fingerprint density at radius 3 is 2.56 bits per heavy atom. The summed E-state index contributed by atoms with van der Waals surface area (Å²) in [6.07, 6.45) is 2.71. The molecule has 0 fully saturated rings. The van der Waals surface area contributed by atoms with E-state index < -0.39 is 6.10 Å². The van der Waals surface area contributed by atoms with Gasteiger partial charge in [-0.3, -0.25) is 9.97 Å². The van der Waals surface area contributed by atoms with E-state index in [1.807, 2.05) is 48.5 Å². The first-order valence-electron chi connectivity index (χ1n) is 5.79. The van der Waals surface area contributed by atoms with Crippen molar-refractivity contribution in [3.05, 3.63) is 72.2 Å². The number of hydrogen-bond acceptors (Lipinski definition) is 3. The second kappa shape index (κ2) is 4.55. The number of nitrogens with zero attached hydrogens (tertiary/aromatic N) is 2. The van der Waals surface area contributed by atoms with Crippen molar-refractivity contribution in [2.75, 3.05) is 0 Å². The van der Waals surface area contributed by atoms with E-state index in [0.717, 1.165) is 16.5 Å². The third kappa shape index (κ3) is 1.85. The molecular formula is C15H12N2O. The first-order chi connectivity index (χ1) is 8.86. The first kappa shape index (κ1) is 10.9. The van der Waals surface area contributed by atoms with Gasteiger partial charge in [0.2, 0.25) is 0 Å². The molecule has 3 heteroatoms. The average Bonchev–Trinajstić information content (AvgIpc) is 2.47. The second-order valence-corrected chi connectivity index (χ2v) is 4.07. The van der Waals surface area contributed by atoms with E-state index >= 15 is 0 Å². The van der Waals surface area contributed by atoms with Gasteiger partial charge in [-0.1, -0.05) is 24.3 Å². The molecule has 0 saturated heterocycles. The van der Waals surface area contributed by atoms with Gasteiger partial charge in [0.15, 0.2) is 0 Å². The molecule has 2 heterocycles. The Morgan fingerprint density at radius 2 is 1.72 bits per heavy atom. The lowest BCUT2D eigenvalue weighted by Gasteiger charge is -2.12. The van der Waals surface area contributed by atoms with Crippen LogP contribution in [0.3, 0.4) is 0 Å². The minimum absolute atomic E-state index is 0.647. The summed E-state index contributed by atoms with van der Waals surface area (Å²) in [5.41, 5.74) is 2.36. The number of fused-ring (bicyclic) bond motifs is 1. The molecule has 2 aromatic heterocycles. The van der Waals surface area contributed by atoms with Crippen molar-refractivity contribution in [1.82, 2.24) is 9.97 Å². The molecular weight excluding hydrogens is 224 g/mol. The van der Waals surface area contributed by atoms with Crippen LogP contribution in [0.2, 0.25) is 0 Å². The normalized spacial score (nSPS) is 12.5. The molecule has 3 nitrogen and oxygen atoms in total. The third-order valence-electron chi connectivity index (χ3n) is 2.94. The van der Waals surface area contributed by atoms with Crippen molar-refractivity contribution in [3.63, 3.8) is 0 Å². The Labute approximate surface area is 105 Å². The molecule has 3 aromatic rings. The quantitative estimate of drug-likeness (QED) is 0.744. The van der Waals surface area contributed by atoms with E-state index in [1.165, 1.54) is 0 Å². The van der Waals surface area contributed by atoms with Gasteiger partial charge in [-0.15, -0.1) is 0 Å². The van der Waals surface area contributed by atoms with Gasteiger partial charge >= 0.3 is 0 Å². The summed E-state index contributed by atoms with van der Waals surface area (Å²) >= 11 is 0. The maximum atomic E-state index is 10.4. The third-order valence-corrected chi connectivity index (χ3v) is 2.94. The zero-order valence-electron chi connectivity index (χ0n) is 9.69. The van der Waals surface area contributed by atoms with Crippen LogP contribution >= 0.6 is 0 Å². The maximum absolute atomic E-state index is 10.4. The van der Waals surface area contributed by atoms with E-state index in [9.17, 15) is 5.11 Å². The number of benzene rings is 1. The van der Waals surface area contributed by atoms with E-state index in [1.54, 1.807) is 12.4 Å². The SMILES string of the molecule is OC(c1ccccn1)c1cccc2ncccc12. The molecule has 0 radical (unpaired) electrons. The van der Waals surface area contributed by atoms with Crippen LogP contribution in [0, 0.1) is 0 Å². The van der Waals surface area contributed by atoms with Gasteiger partial charge in [0.05, 0.1) is 11.2 Å². The van der Waals surface area contributed by atoms with E-state index in [4.69, 9.17) is 0 Å². The molecule has 18 heavy (non-hydrogen) atoms. The smallest absolute Gasteiger partial charge is 0.122 e. The lowest BCUT2D eigenvalue weighted by atomic mass is 10.0. The molecule has 0 amide bonds. The average molecular weight is 236 g/mol. The van der Waals surface area contributed by atoms with Crippen LogP contribution in [0.5, 0.6) is 0 Å². The molecule has 0 aliphatic rings. The molecule has 0 saturated carbocycles. The van der Waals surface area contributed by atoms with Gasteiger partial charge in [0, 0.05) is 17.8 Å². The number of hydrogen-bond donors (Lipinski definition) is 1. The van der Waals surface area contributed by atoms with Crippen LogP contribution in [0.1, 0.15) is 17.4 Å². The fourth-order valence-corrected chi connectivity index (χ4v) is 2.06. The number of rotatable bonds is 2. The molecule has 0 aliphatic carbocycles. The molecule has 3 rings (SSSR count). The molecule has 1 aromatic carbocycles. The maximum Gasteiger partial charge on any atom is 0.122 e. The van der Waals surface area contributed by atoms with Crippen molar-refractivity contribution in [2.24, 2.45) is 0 Å². The Morgan fingerprint density at radius 1 is 0.833 bits per heavy atom. The summed E-state index contributed by atoms with van der Waals surface area (Å²) < 4.78 is 0. The lowest BCUT2D eigenvalue weighted by molar-refractivity contribution is 0.217. The zero-order chi connectivity index (χ0) is 12.4. The Kier molecular flexibility index (Phi) is 2.74. The summed E-state index contributed by atoms with van der Waals surface area (Å²) in [5, 5.41) is 11.4. The highest BCUT2D eigenvalue weighted by atomic mass is 16.3. The monoisotopic (exact) mass is 236 g/mol. The van der Waals surface area contributed by atoms with Gasteiger partial charge in [0.25, 0.3) is 0 Å². The van der Waals surface area contributed by atoms with Gasteiger partial charge in [-0.2, -0.15) is 0 Å². The summed E-state index contributed by atoms with van der Waals surface area (Å²) in [4.78, 5) is 8.48. The molecule has 0 aliphatic heterocycles. The van der Waals surface area contributed by atoms with Crippen molar-refractivity contribution in [3.8, 4) is 0 Å². The lowest BCUT2D eigenvalue weighted by Crippen LogP contribution is -2.02. The number of pyridine rings is 2. The molecule has 1 atom stereocenters. The molecule has 0 spiro atoms. The van der Waals surface area contributed by atoms with Crippen LogP contribution in [-0.2, 0) is 0 Å². The summed E-state index contributed by atoms with van der Waals surface area (Å²) in [6, 6.07) is 15.1. The van der Waals surface area contributed by atoms with Crippen LogP contribution in [-0.4, -0.2) is 15.1 Å². The van der Waals surface area contributed by atoms with Gasteiger partial charge in [-0.25, -0.2) is 0 Å². The van der Waals surface area contributed by atoms with Gasteiger partial charge in [0.1, 0.15) is 6.10 Å². The van der Waals surface area contributed by atoms with E-state index in [2.05, 4.69) is 9.97 Å². The minimum atomic E-state index is -0.723. The predicted octanol–water partition coefficient (Wildman–Crippen LogP) is 2.71. The highest BCUT2D eigenvalue weighted by Crippen LogP contribution is 2.26. The first-order valence-corrected chi connectivity index (χ1v) is 5.79. The molecule has 0 bridgehead atoms. The molecule has 1 N–H and O–H groups in total. The number of aliphatic hydroxyl groups excluding tert-OH is 1. The summed E-state index contributed by atoms with van der Waals surface area (Å²) in [7, 11) is 0. The summed E-state index contributed by atoms with van der Waals surface area (Å²) in [5.74, 6) is 0. The standard InChI is InChI=1S/C15H12N2O/c18-15(14-7-1-2-9-17-14)12-5-3-8-13-11(12)6-4-10-16-13/h1-10,15,18H. The highest BCUT2D eigenvalue weighted by Gasteiger charge is 2.14. The van der Waals surface area contributed by atoms with Crippen molar-refractivity contribution >= 4 is 10.9 Å². The van der Waals surface area contributed by atoms with Crippen LogP contribution < -0.4 is 0 Å². The minimum Gasteiger partial charge on any atom is -0.382 e. The highest BCUT2D eigenvalue weighted by molar-refractivity contribution is 5.82. The van der Waals surface area contributed by atoms with Crippen molar-refractivity contribution in [1.29, 1.82) is 0 Å². The Bertz CT molecular complexity index is 662. The Balaban J connectivity index is 2.15. The second-order valence-electron chi connectivity index (χ2n) is 4.07.